The van der Waals surface area contributed by atoms with Crippen molar-refractivity contribution in [2.24, 2.45) is 5.92 Å². The maximum atomic E-state index is 2.49. The van der Waals surface area contributed by atoms with E-state index in [2.05, 4.69) is 20.8 Å². The highest BCUT2D eigenvalue weighted by Gasteiger charge is 2.02. The van der Waals surface area contributed by atoms with E-state index in [-0.39, 0.29) is 0 Å². The second-order valence-corrected chi connectivity index (χ2v) is 12.2. The third kappa shape index (κ3) is 32.0. The van der Waals surface area contributed by atoms with E-state index in [9.17, 15) is 0 Å². The van der Waals surface area contributed by atoms with Gasteiger partial charge in [-0.25, -0.2) is 0 Å². The maximum Gasteiger partial charge on any atom is -0.0443 e. The Morgan fingerprint density at radius 1 is 0.257 bits per heavy atom. The first-order valence-corrected chi connectivity index (χ1v) is 17.3. The highest BCUT2D eigenvalue weighted by Crippen LogP contribution is 2.19. The highest BCUT2D eigenvalue weighted by atomic mass is 14.1. The van der Waals surface area contributed by atoms with Gasteiger partial charge in [0.15, 0.2) is 0 Å². The van der Waals surface area contributed by atoms with Gasteiger partial charge >= 0.3 is 0 Å². The van der Waals surface area contributed by atoms with E-state index in [1.807, 2.05) is 0 Å². The predicted molar refractivity (Wildman–Crippen MR) is 164 cm³/mol. The van der Waals surface area contributed by atoms with Crippen molar-refractivity contribution in [3.8, 4) is 0 Å². The lowest BCUT2D eigenvalue weighted by Crippen LogP contribution is -1.95. The predicted octanol–water partition coefficient (Wildman–Crippen LogP) is 13.8. The van der Waals surface area contributed by atoms with E-state index < -0.39 is 0 Å². The van der Waals surface area contributed by atoms with E-state index in [0.717, 1.165) is 5.92 Å². The van der Waals surface area contributed by atoms with E-state index in [4.69, 9.17) is 0 Å². The molecule has 0 rings (SSSR count). The summed E-state index contributed by atoms with van der Waals surface area (Å²) in [5.41, 5.74) is 0. The smallest absolute Gasteiger partial charge is 0.0443 e. The van der Waals surface area contributed by atoms with Crippen LogP contribution in [0.1, 0.15) is 220 Å². The monoisotopic (exact) mass is 493 g/mol. The second kappa shape index (κ2) is 32.0. The molecule has 0 bridgehead atoms. The van der Waals surface area contributed by atoms with Crippen LogP contribution < -0.4 is 0 Å². The Morgan fingerprint density at radius 3 is 0.629 bits per heavy atom. The fourth-order valence-corrected chi connectivity index (χ4v) is 5.70. The number of unbranched alkanes of at least 4 members (excludes halogenated alkanes) is 27. The van der Waals surface area contributed by atoms with Gasteiger partial charge in [0.2, 0.25) is 0 Å². The van der Waals surface area contributed by atoms with Gasteiger partial charge in [0.1, 0.15) is 0 Å². The SMILES string of the molecule is CCCCCCCCCCCCCCCCCCCCCCCCC(C)CCCCCCCCC. The summed E-state index contributed by atoms with van der Waals surface area (Å²) in [6.07, 6.45) is 45.8. The molecule has 35 heavy (non-hydrogen) atoms. The van der Waals surface area contributed by atoms with Crippen LogP contribution >= 0.6 is 0 Å². The van der Waals surface area contributed by atoms with Crippen LogP contribution in [0.2, 0.25) is 0 Å². The third-order valence-electron chi connectivity index (χ3n) is 8.35. The van der Waals surface area contributed by atoms with E-state index >= 15 is 0 Å². The van der Waals surface area contributed by atoms with Crippen LogP contribution in [0, 0.1) is 5.92 Å². The molecule has 0 spiro atoms. The summed E-state index contributed by atoms with van der Waals surface area (Å²) < 4.78 is 0. The summed E-state index contributed by atoms with van der Waals surface area (Å²) >= 11 is 0. The molecule has 0 aromatic carbocycles. The molecule has 0 aromatic heterocycles. The minimum Gasteiger partial charge on any atom is -0.0654 e. The summed E-state index contributed by atoms with van der Waals surface area (Å²) in [6, 6.07) is 0. The molecule has 0 radical (unpaired) electrons. The van der Waals surface area contributed by atoms with Crippen LogP contribution in [-0.2, 0) is 0 Å². The van der Waals surface area contributed by atoms with Crippen LogP contribution in [0.15, 0.2) is 0 Å². The Bertz CT molecular complexity index is 346. The number of rotatable bonds is 31. The molecule has 1 atom stereocenters. The van der Waals surface area contributed by atoms with Crippen molar-refractivity contribution in [2.75, 3.05) is 0 Å². The van der Waals surface area contributed by atoms with Crippen molar-refractivity contribution in [3.05, 3.63) is 0 Å². The van der Waals surface area contributed by atoms with Crippen molar-refractivity contribution >= 4 is 0 Å². The topological polar surface area (TPSA) is 0 Å². The Labute approximate surface area is 225 Å². The van der Waals surface area contributed by atoms with E-state index in [1.165, 1.54) is 199 Å². The summed E-state index contributed by atoms with van der Waals surface area (Å²) in [5.74, 6) is 0.968. The first-order chi connectivity index (χ1) is 17.3. The van der Waals surface area contributed by atoms with Gasteiger partial charge in [-0.15, -0.1) is 0 Å². The average molecular weight is 493 g/mol. The van der Waals surface area contributed by atoms with Gasteiger partial charge in [-0.1, -0.05) is 220 Å². The lowest BCUT2D eigenvalue weighted by Gasteiger charge is -2.11. The van der Waals surface area contributed by atoms with Crippen LogP contribution in [0.3, 0.4) is 0 Å². The van der Waals surface area contributed by atoms with Gasteiger partial charge in [-0.05, 0) is 5.92 Å². The molecule has 1 unspecified atom stereocenters. The Morgan fingerprint density at radius 2 is 0.429 bits per heavy atom. The molecule has 0 nitrogen and oxygen atoms in total. The van der Waals surface area contributed by atoms with Crippen molar-refractivity contribution in [1.82, 2.24) is 0 Å². The van der Waals surface area contributed by atoms with Crippen LogP contribution in [0.4, 0.5) is 0 Å². The molecule has 0 saturated heterocycles. The van der Waals surface area contributed by atoms with Crippen molar-refractivity contribution in [1.29, 1.82) is 0 Å². The Balaban J connectivity index is 3.09. The molecule has 0 aliphatic rings. The normalized spacial score (nSPS) is 12.4. The second-order valence-electron chi connectivity index (χ2n) is 12.2. The van der Waals surface area contributed by atoms with Crippen LogP contribution in [-0.4, -0.2) is 0 Å². The van der Waals surface area contributed by atoms with Gasteiger partial charge < -0.3 is 0 Å². The minimum atomic E-state index is 0.968. The number of hydrogen-bond acceptors (Lipinski definition) is 0. The molecular weight excluding hydrogens is 420 g/mol. The zero-order valence-corrected chi connectivity index (χ0v) is 25.5. The molecule has 0 heteroatoms. The maximum absolute atomic E-state index is 2.49. The molecule has 0 aliphatic carbocycles. The summed E-state index contributed by atoms with van der Waals surface area (Å²) in [7, 11) is 0. The molecule has 0 amide bonds. The first kappa shape index (κ1) is 35.0. The molecule has 0 heterocycles. The molecule has 0 N–H and O–H groups in total. The molecule has 212 valence electrons. The third-order valence-corrected chi connectivity index (χ3v) is 8.35. The fraction of sp³-hybridized carbons (Fsp3) is 1.00. The van der Waals surface area contributed by atoms with Crippen LogP contribution in [0.5, 0.6) is 0 Å². The lowest BCUT2D eigenvalue weighted by atomic mass is 9.95. The van der Waals surface area contributed by atoms with Crippen molar-refractivity contribution in [3.63, 3.8) is 0 Å². The molecule has 0 saturated carbocycles. The summed E-state index contributed by atoms with van der Waals surface area (Å²) in [4.78, 5) is 0. The highest BCUT2D eigenvalue weighted by molar-refractivity contribution is 4.56. The summed E-state index contributed by atoms with van der Waals surface area (Å²) in [5, 5.41) is 0. The minimum absolute atomic E-state index is 0.968. The van der Waals surface area contributed by atoms with E-state index in [1.54, 1.807) is 0 Å². The standard InChI is InChI=1S/C35H72/c1-4-6-8-10-12-13-14-15-16-17-18-19-20-21-22-23-24-25-26-28-30-32-34-35(3)33-31-29-27-11-9-7-5-2/h35H,4-34H2,1-3H3. The quantitative estimate of drug-likeness (QED) is 0.0844. The van der Waals surface area contributed by atoms with Crippen molar-refractivity contribution < 1.29 is 0 Å². The fourth-order valence-electron chi connectivity index (χ4n) is 5.70. The zero-order valence-electron chi connectivity index (χ0n) is 25.5. The number of hydrogen-bond donors (Lipinski definition) is 0. The molecule has 0 aliphatic heterocycles. The molecule has 0 aromatic rings. The van der Waals surface area contributed by atoms with Crippen LogP contribution in [0.25, 0.3) is 0 Å². The first-order valence-electron chi connectivity index (χ1n) is 17.3. The van der Waals surface area contributed by atoms with Gasteiger partial charge in [-0.2, -0.15) is 0 Å². The Kier molecular flexibility index (Phi) is 32.0. The van der Waals surface area contributed by atoms with Crippen molar-refractivity contribution in [2.45, 2.75) is 220 Å². The van der Waals surface area contributed by atoms with Gasteiger partial charge in [0, 0.05) is 0 Å². The molecule has 0 fully saturated rings. The van der Waals surface area contributed by atoms with E-state index in [0.29, 0.717) is 0 Å². The average Bonchev–Trinajstić information content (AvgIpc) is 2.86. The Hall–Kier alpha value is 0. The van der Waals surface area contributed by atoms with Gasteiger partial charge in [0.25, 0.3) is 0 Å². The van der Waals surface area contributed by atoms with Gasteiger partial charge in [0.05, 0.1) is 0 Å². The largest absolute Gasteiger partial charge is 0.0654 e. The molecular formula is C35H72. The zero-order chi connectivity index (χ0) is 25.5. The van der Waals surface area contributed by atoms with Gasteiger partial charge in [-0.3, -0.25) is 0 Å². The summed E-state index contributed by atoms with van der Waals surface area (Å²) in [6.45, 7) is 7.11. The lowest BCUT2D eigenvalue weighted by molar-refractivity contribution is 0.430.